The van der Waals surface area contributed by atoms with Gasteiger partial charge in [-0.1, -0.05) is 36.0 Å². The lowest BCUT2D eigenvalue weighted by Gasteiger charge is -2.24. The molecule has 0 aromatic heterocycles. The van der Waals surface area contributed by atoms with Crippen LogP contribution < -0.4 is 5.32 Å². The Kier molecular flexibility index (Phi) is 4.06. The summed E-state index contributed by atoms with van der Waals surface area (Å²) in [4.78, 5) is 12.3. The lowest BCUT2D eigenvalue weighted by atomic mass is 9.95. The molecule has 0 bridgehead atoms. The van der Waals surface area contributed by atoms with Crippen molar-refractivity contribution in [2.45, 2.75) is 50.5 Å². The van der Waals surface area contributed by atoms with Crippen LogP contribution in [-0.2, 0) is 11.2 Å². The van der Waals surface area contributed by atoms with Crippen LogP contribution in [0.4, 0.5) is 0 Å². The molecule has 3 rings (SSSR count). The third-order valence-electron chi connectivity index (χ3n) is 4.78. The molecule has 2 saturated carbocycles. The summed E-state index contributed by atoms with van der Waals surface area (Å²) in [5, 5.41) is 13.3. The first-order valence-electron chi connectivity index (χ1n) is 7.48. The second-order valence-electron chi connectivity index (χ2n) is 6.25. The minimum Gasteiger partial charge on any atom is -0.508 e. The second kappa shape index (κ2) is 5.69. The maximum atomic E-state index is 12.3. The van der Waals surface area contributed by atoms with E-state index in [-0.39, 0.29) is 23.6 Å². The van der Waals surface area contributed by atoms with Gasteiger partial charge < -0.3 is 10.4 Å². The number of phenols is 1. The van der Waals surface area contributed by atoms with Gasteiger partial charge in [0.2, 0.25) is 5.91 Å². The number of carbonyl (C=O) groups is 1. The van der Waals surface area contributed by atoms with Crippen LogP contribution in [0.25, 0.3) is 0 Å². The van der Waals surface area contributed by atoms with Gasteiger partial charge in [-0.25, -0.2) is 0 Å². The van der Waals surface area contributed by atoms with Crippen molar-refractivity contribution in [2.75, 3.05) is 0 Å². The van der Waals surface area contributed by atoms with E-state index in [1.165, 1.54) is 37.8 Å². The fourth-order valence-corrected chi connectivity index (χ4v) is 4.10. The highest BCUT2D eigenvalue weighted by Gasteiger charge is 2.50. The standard InChI is InChI=1S/C16H19Cl2NO2/c17-13-7-11(20)8-14(18)12(13)9-15(21)19-16(5-6-16)10-3-1-2-4-10/h7-8,10,20H,1-6,9H2,(H,19,21). The van der Waals surface area contributed by atoms with Crippen molar-refractivity contribution in [3.8, 4) is 5.75 Å². The van der Waals surface area contributed by atoms with E-state index < -0.39 is 0 Å². The number of amides is 1. The molecule has 2 aliphatic rings. The summed E-state index contributed by atoms with van der Waals surface area (Å²) in [6.45, 7) is 0. The Morgan fingerprint density at radius 3 is 2.33 bits per heavy atom. The Labute approximate surface area is 134 Å². The predicted molar refractivity (Wildman–Crippen MR) is 83.9 cm³/mol. The van der Waals surface area contributed by atoms with E-state index in [0.717, 1.165) is 12.8 Å². The summed E-state index contributed by atoms with van der Waals surface area (Å²) in [5.74, 6) is 0.611. The minimum absolute atomic E-state index is 0.0128. The molecule has 2 fully saturated rings. The van der Waals surface area contributed by atoms with Gasteiger partial charge >= 0.3 is 0 Å². The van der Waals surface area contributed by atoms with Gasteiger partial charge in [-0.2, -0.15) is 0 Å². The van der Waals surface area contributed by atoms with Crippen molar-refractivity contribution in [1.29, 1.82) is 0 Å². The number of halogens is 2. The molecule has 1 amide bonds. The number of aromatic hydroxyl groups is 1. The Morgan fingerprint density at radius 1 is 1.24 bits per heavy atom. The molecule has 0 heterocycles. The number of nitrogens with one attached hydrogen (secondary N) is 1. The molecule has 1 aromatic rings. The first-order valence-corrected chi connectivity index (χ1v) is 8.24. The van der Waals surface area contributed by atoms with Gasteiger partial charge in [0.05, 0.1) is 6.42 Å². The zero-order chi connectivity index (χ0) is 15.0. The quantitative estimate of drug-likeness (QED) is 0.875. The summed E-state index contributed by atoms with van der Waals surface area (Å²) in [6, 6.07) is 2.83. The van der Waals surface area contributed by atoms with E-state index in [4.69, 9.17) is 23.2 Å². The van der Waals surface area contributed by atoms with Crippen molar-refractivity contribution in [2.24, 2.45) is 5.92 Å². The lowest BCUT2D eigenvalue weighted by Crippen LogP contribution is -2.42. The zero-order valence-corrected chi connectivity index (χ0v) is 13.3. The molecule has 2 N–H and O–H groups in total. The van der Waals surface area contributed by atoms with Gasteiger partial charge in [-0.15, -0.1) is 0 Å². The highest BCUT2D eigenvalue weighted by molar-refractivity contribution is 6.36. The van der Waals surface area contributed by atoms with Crippen LogP contribution in [0, 0.1) is 5.92 Å². The van der Waals surface area contributed by atoms with Crippen molar-refractivity contribution < 1.29 is 9.90 Å². The molecule has 0 spiro atoms. The van der Waals surface area contributed by atoms with Crippen molar-refractivity contribution in [3.63, 3.8) is 0 Å². The molecule has 0 aliphatic heterocycles. The highest BCUT2D eigenvalue weighted by atomic mass is 35.5. The number of phenolic OH excluding ortho intramolecular Hbond substituents is 1. The average Bonchev–Trinajstić information content (AvgIpc) is 2.98. The fraction of sp³-hybridized carbons (Fsp3) is 0.562. The molecule has 5 heteroatoms. The lowest BCUT2D eigenvalue weighted by molar-refractivity contribution is -0.121. The number of carbonyl (C=O) groups excluding carboxylic acids is 1. The summed E-state index contributed by atoms with van der Waals surface area (Å²) in [5.41, 5.74) is 0.611. The van der Waals surface area contributed by atoms with Gasteiger partial charge in [0, 0.05) is 15.6 Å². The number of hydrogen-bond acceptors (Lipinski definition) is 2. The Bertz CT molecular complexity index is 540. The molecule has 0 radical (unpaired) electrons. The molecular weight excluding hydrogens is 309 g/mol. The number of benzene rings is 1. The van der Waals surface area contributed by atoms with Crippen molar-refractivity contribution >= 4 is 29.1 Å². The summed E-state index contributed by atoms with van der Waals surface area (Å²) < 4.78 is 0. The van der Waals surface area contributed by atoms with E-state index in [0.29, 0.717) is 21.5 Å². The van der Waals surface area contributed by atoms with Crippen molar-refractivity contribution in [1.82, 2.24) is 5.32 Å². The molecule has 21 heavy (non-hydrogen) atoms. The third-order valence-corrected chi connectivity index (χ3v) is 5.45. The molecule has 0 saturated heterocycles. The topological polar surface area (TPSA) is 49.3 Å². The largest absolute Gasteiger partial charge is 0.508 e. The smallest absolute Gasteiger partial charge is 0.224 e. The van der Waals surface area contributed by atoms with E-state index in [9.17, 15) is 9.90 Å². The molecule has 3 nitrogen and oxygen atoms in total. The van der Waals surface area contributed by atoms with Crippen LogP contribution >= 0.6 is 23.2 Å². The van der Waals surface area contributed by atoms with E-state index in [2.05, 4.69) is 5.32 Å². The van der Waals surface area contributed by atoms with Crippen LogP contribution in [0.15, 0.2) is 12.1 Å². The van der Waals surface area contributed by atoms with E-state index >= 15 is 0 Å². The summed E-state index contributed by atoms with van der Waals surface area (Å²) in [7, 11) is 0. The normalized spacial score (nSPS) is 20.5. The first kappa shape index (κ1) is 15.0. The van der Waals surface area contributed by atoms with Crippen LogP contribution in [0.3, 0.4) is 0 Å². The second-order valence-corrected chi connectivity index (χ2v) is 7.06. The molecule has 0 unspecified atom stereocenters. The van der Waals surface area contributed by atoms with Crippen LogP contribution in [0.2, 0.25) is 10.0 Å². The number of rotatable bonds is 4. The number of hydrogen-bond donors (Lipinski definition) is 2. The fourth-order valence-electron chi connectivity index (χ4n) is 3.49. The maximum absolute atomic E-state index is 12.3. The third kappa shape index (κ3) is 3.14. The zero-order valence-electron chi connectivity index (χ0n) is 11.8. The monoisotopic (exact) mass is 327 g/mol. The van der Waals surface area contributed by atoms with Crippen LogP contribution in [0.5, 0.6) is 5.75 Å². The van der Waals surface area contributed by atoms with Gasteiger partial charge in [0.1, 0.15) is 5.75 Å². The molecular formula is C16H19Cl2NO2. The molecule has 1 aromatic carbocycles. The van der Waals surface area contributed by atoms with Gasteiger partial charge in [0.25, 0.3) is 0 Å². The summed E-state index contributed by atoms with van der Waals surface area (Å²) >= 11 is 12.1. The van der Waals surface area contributed by atoms with Gasteiger partial charge in [-0.3, -0.25) is 4.79 Å². The van der Waals surface area contributed by atoms with Crippen LogP contribution in [0.1, 0.15) is 44.1 Å². The maximum Gasteiger partial charge on any atom is 0.224 e. The van der Waals surface area contributed by atoms with Gasteiger partial charge in [0.15, 0.2) is 0 Å². The predicted octanol–water partition coefficient (Wildman–Crippen LogP) is 4.08. The Hall–Kier alpha value is -0.930. The highest BCUT2D eigenvalue weighted by Crippen LogP contribution is 2.49. The van der Waals surface area contributed by atoms with E-state index in [1.54, 1.807) is 0 Å². The molecule has 114 valence electrons. The van der Waals surface area contributed by atoms with Gasteiger partial charge in [-0.05, 0) is 49.3 Å². The Morgan fingerprint density at radius 2 is 1.81 bits per heavy atom. The van der Waals surface area contributed by atoms with Crippen molar-refractivity contribution in [3.05, 3.63) is 27.7 Å². The first-order chi connectivity index (χ1) is 10.00. The summed E-state index contributed by atoms with van der Waals surface area (Å²) in [6.07, 6.45) is 7.32. The Balaban J connectivity index is 1.67. The van der Waals surface area contributed by atoms with Crippen LogP contribution in [-0.4, -0.2) is 16.6 Å². The molecule has 2 aliphatic carbocycles. The SMILES string of the molecule is O=C(Cc1c(Cl)cc(O)cc1Cl)NC1(C2CCCC2)CC1. The average molecular weight is 328 g/mol. The minimum atomic E-state index is -0.0334. The van der Waals surface area contributed by atoms with E-state index in [1.807, 2.05) is 0 Å². The molecule has 0 atom stereocenters.